The van der Waals surface area contributed by atoms with Gasteiger partial charge in [-0.1, -0.05) is 29.4 Å². The second-order valence-corrected chi connectivity index (χ2v) is 3.47. The first-order chi connectivity index (χ1) is 6.92. The van der Waals surface area contributed by atoms with Crippen LogP contribution in [-0.4, -0.2) is 12.3 Å². The highest BCUT2D eigenvalue weighted by molar-refractivity contribution is 6.02. The smallest absolute Gasteiger partial charge is 0.114 e. The number of rotatable bonds is 2. The van der Waals surface area contributed by atoms with Gasteiger partial charge >= 0.3 is 0 Å². The molecule has 0 saturated heterocycles. The zero-order valence-electron chi connectivity index (χ0n) is 8.49. The summed E-state index contributed by atoms with van der Waals surface area (Å²) in [6, 6.07) is 8.45. The highest BCUT2D eigenvalue weighted by Crippen LogP contribution is 2.21. The summed E-state index contributed by atoms with van der Waals surface area (Å²) in [6.07, 6.45) is 3.39. The summed E-state index contributed by atoms with van der Waals surface area (Å²) in [5.41, 5.74) is 3.78. The van der Waals surface area contributed by atoms with Crippen molar-refractivity contribution in [3.8, 4) is 0 Å². The molecule has 2 nitrogen and oxygen atoms in total. The van der Waals surface area contributed by atoms with Crippen LogP contribution in [0.2, 0.25) is 0 Å². The average molecular weight is 189 g/mol. The minimum atomic E-state index is 0.645. The molecule has 0 aromatic heterocycles. The standard InChI is InChI=1S/C12H15NO/c1-2-14-13-12-9-5-7-10-6-3-4-8-11(10)12/h3-4,6,8H,2,5,7,9H2,1H3/b13-12+. The van der Waals surface area contributed by atoms with Crippen LogP contribution in [-0.2, 0) is 11.3 Å². The molecular weight excluding hydrogens is 174 g/mol. The molecule has 0 amide bonds. The maximum atomic E-state index is 5.12. The molecule has 1 aromatic carbocycles. The lowest BCUT2D eigenvalue weighted by Crippen LogP contribution is -2.12. The lowest BCUT2D eigenvalue weighted by Gasteiger charge is -2.16. The summed E-state index contributed by atoms with van der Waals surface area (Å²) in [4.78, 5) is 5.12. The Bertz CT molecular complexity index is 344. The van der Waals surface area contributed by atoms with E-state index < -0.39 is 0 Å². The molecule has 0 bridgehead atoms. The van der Waals surface area contributed by atoms with E-state index >= 15 is 0 Å². The van der Waals surface area contributed by atoms with Gasteiger partial charge in [0.1, 0.15) is 6.61 Å². The SMILES string of the molecule is CCO/N=C1\CCCc2ccccc21. The van der Waals surface area contributed by atoms with Gasteiger partial charge in [0.05, 0.1) is 5.71 Å². The Labute approximate surface area is 84.6 Å². The van der Waals surface area contributed by atoms with Crippen molar-refractivity contribution < 1.29 is 4.84 Å². The third-order valence-electron chi connectivity index (χ3n) is 2.49. The number of hydrogen-bond acceptors (Lipinski definition) is 2. The Balaban J connectivity index is 2.31. The minimum absolute atomic E-state index is 0.645. The second kappa shape index (κ2) is 4.27. The van der Waals surface area contributed by atoms with Crippen molar-refractivity contribution in [1.82, 2.24) is 0 Å². The lowest BCUT2D eigenvalue weighted by molar-refractivity contribution is 0.158. The average Bonchev–Trinajstić information content (AvgIpc) is 2.26. The zero-order valence-corrected chi connectivity index (χ0v) is 8.49. The highest BCUT2D eigenvalue weighted by Gasteiger charge is 2.14. The summed E-state index contributed by atoms with van der Waals surface area (Å²) in [5, 5.41) is 4.16. The van der Waals surface area contributed by atoms with E-state index in [0.29, 0.717) is 6.61 Å². The van der Waals surface area contributed by atoms with Gasteiger partial charge in [-0.05, 0) is 31.7 Å². The molecule has 0 heterocycles. The molecule has 2 heteroatoms. The Morgan fingerprint density at radius 3 is 3.00 bits per heavy atom. The van der Waals surface area contributed by atoms with Gasteiger partial charge in [-0.25, -0.2) is 0 Å². The van der Waals surface area contributed by atoms with Crippen LogP contribution < -0.4 is 0 Å². The molecule has 1 aliphatic carbocycles. The number of nitrogens with zero attached hydrogens (tertiary/aromatic N) is 1. The first-order valence-electron chi connectivity index (χ1n) is 5.19. The minimum Gasteiger partial charge on any atom is -0.396 e. The summed E-state index contributed by atoms with van der Waals surface area (Å²) < 4.78 is 0. The fraction of sp³-hybridized carbons (Fsp3) is 0.417. The largest absolute Gasteiger partial charge is 0.396 e. The molecule has 74 valence electrons. The molecule has 0 N–H and O–H groups in total. The van der Waals surface area contributed by atoms with Gasteiger partial charge in [-0.3, -0.25) is 0 Å². The van der Waals surface area contributed by atoms with E-state index in [1.165, 1.54) is 24.0 Å². The predicted molar refractivity (Wildman–Crippen MR) is 57.5 cm³/mol. The van der Waals surface area contributed by atoms with E-state index in [2.05, 4.69) is 29.4 Å². The van der Waals surface area contributed by atoms with Crippen molar-refractivity contribution in [2.24, 2.45) is 5.16 Å². The molecule has 0 unspecified atom stereocenters. The lowest BCUT2D eigenvalue weighted by atomic mass is 9.90. The summed E-state index contributed by atoms with van der Waals surface area (Å²) >= 11 is 0. The Morgan fingerprint density at radius 2 is 2.14 bits per heavy atom. The van der Waals surface area contributed by atoms with Crippen LogP contribution >= 0.6 is 0 Å². The fourth-order valence-corrected chi connectivity index (χ4v) is 1.84. The molecule has 0 radical (unpaired) electrons. The van der Waals surface area contributed by atoms with E-state index in [-0.39, 0.29) is 0 Å². The summed E-state index contributed by atoms with van der Waals surface area (Å²) in [7, 11) is 0. The predicted octanol–water partition coefficient (Wildman–Crippen LogP) is 2.76. The van der Waals surface area contributed by atoms with Crippen LogP contribution in [0.25, 0.3) is 0 Å². The first kappa shape index (κ1) is 9.25. The van der Waals surface area contributed by atoms with Crippen molar-refractivity contribution >= 4 is 5.71 Å². The van der Waals surface area contributed by atoms with Crippen molar-refractivity contribution in [2.75, 3.05) is 6.61 Å². The van der Waals surface area contributed by atoms with E-state index in [9.17, 15) is 0 Å². The molecule has 1 aromatic rings. The zero-order chi connectivity index (χ0) is 9.80. The molecule has 0 atom stereocenters. The fourth-order valence-electron chi connectivity index (χ4n) is 1.84. The Hall–Kier alpha value is -1.31. The first-order valence-corrected chi connectivity index (χ1v) is 5.19. The number of aryl methyl sites for hydroxylation is 1. The van der Waals surface area contributed by atoms with Crippen LogP contribution in [0.5, 0.6) is 0 Å². The molecular formula is C12H15NO. The summed E-state index contributed by atoms with van der Waals surface area (Å²) in [5.74, 6) is 0. The quantitative estimate of drug-likeness (QED) is 0.655. The van der Waals surface area contributed by atoms with Crippen LogP contribution in [0, 0.1) is 0 Å². The number of oxime groups is 1. The van der Waals surface area contributed by atoms with Crippen molar-refractivity contribution in [3.63, 3.8) is 0 Å². The van der Waals surface area contributed by atoms with Crippen LogP contribution in [0.15, 0.2) is 29.4 Å². The number of fused-ring (bicyclic) bond motifs is 1. The number of benzene rings is 1. The van der Waals surface area contributed by atoms with Crippen LogP contribution in [0.4, 0.5) is 0 Å². The summed E-state index contributed by atoms with van der Waals surface area (Å²) in [6.45, 7) is 2.60. The van der Waals surface area contributed by atoms with Gasteiger partial charge in [-0.15, -0.1) is 0 Å². The Morgan fingerprint density at radius 1 is 1.29 bits per heavy atom. The monoisotopic (exact) mass is 189 g/mol. The van der Waals surface area contributed by atoms with E-state index in [4.69, 9.17) is 4.84 Å². The normalized spacial score (nSPS) is 17.9. The van der Waals surface area contributed by atoms with Gasteiger partial charge in [-0.2, -0.15) is 0 Å². The topological polar surface area (TPSA) is 21.6 Å². The van der Waals surface area contributed by atoms with Gasteiger partial charge in [0, 0.05) is 5.56 Å². The molecule has 1 aliphatic rings. The third-order valence-corrected chi connectivity index (χ3v) is 2.49. The van der Waals surface area contributed by atoms with Crippen LogP contribution in [0.1, 0.15) is 30.9 Å². The molecule has 0 saturated carbocycles. The van der Waals surface area contributed by atoms with E-state index in [1.807, 2.05) is 6.92 Å². The Kier molecular flexibility index (Phi) is 2.82. The molecule has 0 spiro atoms. The van der Waals surface area contributed by atoms with E-state index in [0.717, 1.165) is 12.1 Å². The second-order valence-electron chi connectivity index (χ2n) is 3.47. The van der Waals surface area contributed by atoms with Gasteiger partial charge < -0.3 is 4.84 Å². The maximum Gasteiger partial charge on any atom is 0.114 e. The van der Waals surface area contributed by atoms with Gasteiger partial charge in [0.25, 0.3) is 0 Å². The number of hydrogen-bond donors (Lipinski definition) is 0. The van der Waals surface area contributed by atoms with Crippen LogP contribution in [0.3, 0.4) is 0 Å². The van der Waals surface area contributed by atoms with Gasteiger partial charge in [0.15, 0.2) is 0 Å². The van der Waals surface area contributed by atoms with Gasteiger partial charge in [0.2, 0.25) is 0 Å². The van der Waals surface area contributed by atoms with Crippen molar-refractivity contribution in [3.05, 3.63) is 35.4 Å². The molecule has 0 aliphatic heterocycles. The maximum absolute atomic E-state index is 5.12. The van der Waals surface area contributed by atoms with Crippen molar-refractivity contribution in [2.45, 2.75) is 26.2 Å². The van der Waals surface area contributed by atoms with Crippen molar-refractivity contribution in [1.29, 1.82) is 0 Å². The third kappa shape index (κ3) is 1.79. The molecule has 0 fully saturated rings. The molecule has 2 rings (SSSR count). The molecule has 14 heavy (non-hydrogen) atoms. The highest BCUT2D eigenvalue weighted by atomic mass is 16.6. The van der Waals surface area contributed by atoms with E-state index in [1.54, 1.807) is 0 Å².